The van der Waals surface area contributed by atoms with Crippen LogP contribution in [0.5, 0.6) is 0 Å². The highest BCUT2D eigenvalue weighted by Gasteiger charge is 2.39. The third-order valence-corrected chi connectivity index (χ3v) is 4.15. The molecule has 2 heterocycles. The fourth-order valence-corrected chi connectivity index (χ4v) is 2.73. The zero-order valence-corrected chi connectivity index (χ0v) is 17.9. The van der Waals surface area contributed by atoms with Gasteiger partial charge in [-0.05, 0) is 42.3 Å². The van der Waals surface area contributed by atoms with E-state index in [9.17, 15) is 26.7 Å². The predicted molar refractivity (Wildman–Crippen MR) is 112 cm³/mol. The molecular weight excluding hydrogens is 447 g/mol. The van der Waals surface area contributed by atoms with E-state index in [2.05, 4.69) is 20.3 Å². The molecule has 2 N–H and O–H groups in total. The fraction of sp³-hybridized carbons (Fsp3) is 0.273. The SMILES string of the molecule is CC.Cc1cc(Nc2nccc(C(F)(F)F)n2)cc(-c2ccc(CC(F)(F)C(=O)O)nc2)c1. The van der Waals surface area contributed by atoms with Gasteiger partial charge in [-0.2, -0.15) is 22.0 Å². The van der Waals surface area contributed by atoms with Gasteiger partial charge < -0.3 is 10.4 Å². The van der Waals surface area contributed by atoms with Gasteiger partial charge in [0, 0.05) is 29.3 Å². The van der Waals surface area contributed by atoms with Gasteiger partial charge in [0.1, 0.15) is 5.69 Å². The molecule has 176 valence electrons. The molecule has 33 heavy (non-hydrogen) atoms. The number of anilines is 2. The van der Waals surface area contributed by atoms with Crippen LogP contribution in [0.1, 0.15) is 30.8 Å². The smallest absolute Gasteiger partial charge is 0.433 e. The Morgan fingerprint density at radius 1 is 1.00 bits per heavy atom. The fourth-order valence-electron chi connectivity index (χ4n) is 2.73. The van der Waals surface area contributed by atoms with Crippen LogP contribution >= 0.6 is 0 Å². The Morgan fingerprint density at radius 2 is 1.70 bits per heavy atom. The standard InChI is InChI=1S/C20H15F5N4O2.C2H6/c1-11-6-13(12-2-3-14(27-10-12)9-19(21,22)17(30)31)8-15(7-11)28-18-26-5-4-16(29-18)20(23,24)25;1-2/h2-8,10H,9H2,1H3,(H,30,31)(H,26,28,29);1-2H3. The average molecular weight is 468 g/mol. The van der Waals surface area contributed by atoms with Gasteiger partial charge >= 0.3 is 18.1 Å². The molecule has 0 aliphatic heterocycles. The summed E-state index contributed by atoms with van der Waals surface area (Å²) >= 11 is 0. The zero-order chi connectivity index (χ0) is 24.8. The van der Waals surface area contributed by atoms with Crippen molar-refractivity contribution in [2.24, 2.45) is 0 Å². The van der Waals surface area contributed by atoms with Crippen LogP contribution in [0.2, 0.25) is 0 Å². The Labute approximate surface area is 186 Å². The van der Waals surface area contributed by atoms with Crippen LogP contribution in [0.3, 0.4) is 0 Å². The molecule has 11 heteroatoms. The number of hydrogen-bond acceptors (Lipinski definition) is 5. The van der Waals surface area contributed by atoms with E-state index in [1.165, 1.54) is 18.3 Å². The maximum Gasteiger partial charge on any atom is 0.433 e. The lowest BCUT2D eigenvalue weighted by molar-refractivity contribution is -0.164. The molecule has 0 spiro atoms. The lowest BCUT2D eigenvalue weighted by Crippen LogP contribution is -2.31. The highest BCUT2D eigenvalue weighted by atomic mass is 19.4. The number of aliphatic carboxylic acids is 1. The predicted octanol–water partition coefficient (Wildman–Crippen LogP) is 5.90. The van der Waals surface area contributed by atoms with Gasteiger partial charge in [-0.25, -0.2) is 14.8 Å². The first-order valence-corrected chi connectivity index (χ1v) is 9.79. The highest BCUT2D eigenvalue weighted by molar-refractivity contribution is 5.75. The second-order valence-electron chi connectivity index (χ2n) is 6.70. The van der Waals surface area contributed by atoms with Crippen LogP contribution in [-0.4, -0.2) is 32.0 Å². The number of aryl methyl sites for hydroxylation is 1. The number of nitrogens with zero attached hydrogens (tertiary/aromatic N) is 3. The van der Waals surface area contributed by atoms with Crippen molar-refractivity contribution in [1.29, 1.82) is 0 Å². The van der Waals surface area contributed by atoms with Gasteiger partial charge in [0.2, 0.25) is 5.95 Å². The molecule has 3 rings (SSSR count). The Balaban J connectivity index is 0.00000187. The van der Waals surface area contributed by atoms with E-state index in [-0.39, 0.29) is 11.6 Å². The number of aromatic nitrogens is 3. The van der Waals surface area contributed by atoms with Crippen LogP contribution in [-0.2, 0) is 17.4 Å². The van der Waals surface area contributed by atoms with Crippen molar-refractivity contribution in [2.45, 2.75) is 39.3 Å². The van der Waals surface area contributed by atoms with Crippen LogP contribution in [0, 0.1) is 6.92 Å². The van der Waals surface area contributed by atoms with Crippen LogP contribution < -0.4 is 5.32 Å². The third kappa shape index (κ3) is 6.93. The molecule has 0 amide bonds. The van der Waals surface area contributed by atoms with Crippen molar-refractivity contribution >= 4 is 17.6 Å². The quantitative estimate of drug-likeness (QED) is 0.438. The minimum atomic E-state index is -4.61. The van der Waals surface area contributed by atoms with Gasteiger partial charge in [0.15, 0.2) is 0 Å². The molecule has 0 aliphatic carbocycles. The van der Waals surface area contributed by atoms with Crippen molar-refractivity contribution in [1.82, 2.24) is 15.0 Å². The highest BCUT2D eigenvalue weighted by Crippen LogP contribution is 2.29. The number of rotatable bonds is 6. The first-order chi connectivity index (χ1) is 15.4. The zero-order valence-electron chi connectivity index (χ0n) is 17.9. The summed E-state index contributed by atoms with van der Waals surface area (Å²) in [5.74, 6) is -6.40. The molecular formula is C22H21F5N4O2. The summed E-state index contributed by atoms with van der Waals surface area (Å²) < 4.78 is 65.2. The molecule has 0 fully saturated rings. The number of carboxylic acids is 1. The first-order valence-electron chi connectivity index (χ1n) is 9.79. The maximum absolute atomic E-state index is 13.3. The van der Waals surface area contributed by atoms with Gasteiger partial charge in [-0.3, -0.25) is 4.98 Å². The molecule has 0 radical (unpaired) electrons. The molecule has 1 aromatic carbocycles. The Morgan fingerprint density at radius 3 is 2.27 bits per heavy atom. The molecule has 2 aromatic heterocycles. The summed E-state index contributed by atoms with van der Waals surface area (Å²) in [5.41, 5.74) is 1.14. The van der Waals surface area contributed by atoms with Gasteiger partial charge in [-0.15, -0.1) is 0 Å². The van der Waals surface area contributed by atoms with Crippen molar-refractivity contribution in [3.8, 4) is 11.1 Å². The molecule has 0 aliphatic rings. The van der Waals surface area contributed by atoms with E-state index in [0.717, 1.165) is 17.8 Å². The summed E-state index contributed by atoms with van der Waals surface area (Å²) in [7, 11) is 0. The van der Waals surface area contributed by atoms with Crippen molar-refractivity contribution in [2.75, 3.05) is 5.32 Å². The number of halogens is 5. The molecule has 3 aromatic rings. The monoisotopic (exact) mass is 468 g/mol. The lowest BCUT2D eigenvalue weighted by Gasteiger charge is -2.12. The second-order valence-corrected chi connectivity index (χ2v) is 6.70. The summed E-state index contributed by atoms with van der Waals surface area (Å²) in [4.78, 5) is 21.7. The minimum Gasteiger partial charge on any atom is -0.477 e. The van der Waals surface area contributed by atoms with Crippen molar-refractivity contribution in [3.63, 3.8) is 0 Å². The summed E-state index contributed by atoms with van der Waals surface area (Å²) in [6, 6.07) is 8.59. The van der Waals surface area contributed by atoms with Gasteiger partial charge in [-0.1, -0.05) is 26.0 Å². The van der Waals surface area contributed by atoms with Gasteiger partial charge in [0.05, 0.1) is 6.42 Å². The molecule has 0 unspecified atom stereocenters. The number of carboxylic acid groups (broad SMARTS) is 1. The molecule has 0 bridgehead atoms. The summed E-state index contributed by atoms with van der Waals surface area (Å²) in [5, 5.41) is 11.2. The maximum atomic E-state index is 13.3. The number of hydrogen-bond donors (Lipinski definition) is 2. The Kier molecular flexibility index (Phi) is 8.02. The van der Waals surface area contributed by atoms with E-state index in [1.54, 1.807) is 25.1 Å². The average Bonchev–Trinajstić information content (AvgIpc) is 2.74. The van der Waals surface area contributed by atoms with Crippen LogP contribution in [0.25, 0.3) is 11.1 Å². The molecule has 0 atom stereocenters. The number of carbonyl (C=O) groups is 1. The van der Waals surface area contributed by atoms with E-state index in [1.807, 2.05) is 13.8 Å². The molecule has 0 saturated heterocycles. The van der Waals surface area contributed by atoms with E-state index in [0.29, 0.717) is 16.8 Å². The summed E-state index contributed by atoms with van der Waals surface area (Å²) in [6.07, 6.45) is -3.35. The van der Waals surface area contributed by atoms with E-state index >= 15 is 0 Å². The lowest BCUT2D eigenvalue weighted by atomic mass is 10.0. The number of pyridine rings is 1. The molecule has 6 nitrogen and oxygen atoms in total. The Hall–Kier alpha value is -3.63. The minimum absolute atomic E-state index is 0.0977. The van der Waals surface area contributed by atoms with Crippen molar-refractivity contribution in [3.05, 3.63) is 65.7 Å². The topological polar surface area (TPSA) is 88.0 Å². The second kappa shape index (κ2) is 10.3. The van der Waals surface area contributed by atoms with E-state index in [4.69, 9.17) is 5.11 Å². The molecule has 0 saturated carbocycles. The van der Waals surface area contributed by atoms with E-state index < -0.39 is 30.2 Å². The summed E-state index contributed by atoms with van der Waals surface area (Å²) in [6.45, 7) is 5.76. The third-order valence-electron chi connectivity index (χ3n) is 4.15. The largest absolute Gasteiger partial charge is 0.477 e. The normalized spacial score (nSPS) is 11.4. The van der Waals surface area contributed by atoms with Crippen molar-refractivity contribution < 1.29 is 31.9 Å². The number of benzene rings is 1. The van der Waals surface area contributed by atoms with Crippen LogP contribution in [0.4, 0.5) is 33.6 Å². The first kappa shape index (κ1) is 25.6. The Bertz CT molecular complexity index is 1100. The van der Waals surface area contributed by atoms with Crippen LogP contribution in [0.15, 0.2) is 48.8 Å². The number of nitrogens with one attached hydrogen (secondary N) is 1. The number of alkyl halides is 5. The van der Waals surface area contributed by atoms with Gasteiger partial charge in [0.25, 0.3) is 0 Å².